The van der Waals surface area contributed by atoms with Crippen LogP contribution < -0.4 is 5.32 Å². The molecule has 0 aromatic heterocycles. The first-order chi connectivity index (χ1) is 7.09. The van der Waals surface area contributed by atoms with E-state index in [1.54, 1.807) is 4.90 Å². The number of carbonyl (C=O) groups is 2. The molecule has 1 aliphatic rings. The molecule has 1 aliphatic heterocycles. The maximum atomic E-state index is 11.3. The van der Waals surface area contributed by atoms with Crippen molar-refractivity contribution in [3.63, 3.8) is 0 Å². The van der Waals surface area contributed by atoms with Gasteiger partial charge >= 0.3 is 6.09 Å². The molecule has 0 aromatic rings. The largest absolute Gasteiger partial charge is 0.448 e. The third-order valence-corrected chi connectivity index (χ3v) is 2.16. The SMILES string of the molecule is CC(C)CNC(=O)CCN1CCOC1=O. The molecule has 5 heteroatoms. The third kappa shape index (κ3) is 4.18. The first kappa shape index (κ1) is 11.8. The third-order valence-electron chi connectivity index (χ3n) is 2.16. The van der Waals surface area contributed by atoms with Crippen LogP contribution in [0.4, 0.5) is 4.79 Å². The lowest BCUT2D eigenvalue weighted by molar-refractivity contribution is -0.121. The van der Waals surface area contributed by atoms with E-state index in [-0.39, 0.29) is 12.0 Å². The summed E-state index contributed by atoms with van der Waals surface area (Å²) >= 11 is 0. The normalized spacial score (nSPS) is 15.7. The van der Waals surface area contributed by atoms with Crippen LogP contribution in [0.15, 0.2) is 0 Å². The highest BCUT2D eigenvalue weighted by molar-refractivity contribution is 5.77. The Kier molecular flexibility index (Phi) is 4.39. The van der Waals surface area contributed by atoms with E-state index in [1.807, 2.05) is 13.8 Å². The average molecular weight is 214 g/mol. The van der Waals surface area contributed by atoms with E-state index in [4.69, 9.17) is 4.74 Å². The quantitative estimate of drug-likeness (QED) is 0.729. The standard InChI is InChI=1S/C10H18N2O3/c1-8(2)7-11-9(13)3-4-12-5-6-15-10(12)14/h8H,3-7H2,1-2H3,(H,11,13). The van der Waals surface area contributed by atoms with Crippen LogP contribution in [0.25, 0.3) is 0 Å². The summed E-state index contributed by atoms with van der Waals surface area (Å²) in [6.07, 6.45) is 0.0357. The molecule has 5 nitrogen and oxygen atoms in total. The zero-order valence-corrected chi connectivity index (χ0v) is 9.28. The van der Waals surface area contributed by atoms with E-state index in [0.29, 0.717) is 38.6 Å². The highest BCUT2D eigenvalue weighted by Gasteiger charge is 2.21. The van der Waals surface area contributed by atoms with Gasteiger partial charge in [-0.05, 0) is 5.92 Å². The Bertz CT molecular complexity index is 241. The molecule has 86 valence electrons. The lowest BCUT2D eigenvalue weighted by Gasteiger charge is -2.12. The molecule has 1 N–H and O–H groups in total. The molecule has 0 aliphatic carbocycles. The Hall–Kier alpha value is -1.26. The second-order valence-electron chi connectivity index (χ2n) is 4.05. The Morgan fingerprint density at radius 3 is 2.87 bits per heavy atom. The van der Waals surface area contributed by atoms with Crippen molar-refractivity contribution < 1.29 is 14.3 Å². The van der Waals surface area contributed by atoms with E-state index in [2.05, 4.69) is 5.32 Å². The monoisotopic (exact) mass is 214 g/mol. The molecule has 2 amide bonds. The molecule has 0 saturated carbocycles. The molecule has 0 spiro atoms. The van der Waals surface area contributed by atoms with E-state index < -0.39 is 0 Å². The minimum atomic E-state index is -0.313. The van der Waals surface area contributed by atoms with Crippen molar-refractivity contribution >= 4 is 12.0 Å². The zero-order chi connectivity index (χ0) is 11.3. The van der Waals surface area contributed by atoms with E-state index in [0.717, 1.165) is 0 Å². The number of ether oxygens (including phenoxy) is 1. The molecule has 1 saturated heterocycles. The van der Waals surface area contributed by atoms with Gasteiger partial charge in [0.2, 0.25) is 5.91 Å². The number of hydrogen-bond acceptors (Lipinski definition) is 3. The van der Waals surface area contributed by atoms with Gasteiger partial charge in [0.1, 0.15) is 6.61 Å². The molecule has 1 rings (SSSR count). The molecule has 0 atom stereocenters. The summed E-state index contributed by atoms with van der Waals surface area (Å²) in [6.45, 7) is 6.24. The molecule has 15 heavy (non-hydrogen) atoms. The number of rotatable bonds is 5. The van der Waals surface area contributed by atoms with Gasteiger partial charge in [-0.25, -0.2) is 4.79 Å². The van der Waals surface area contributed by atoms with Crippen LogP contribution in [0, 0.1) is 5.92 Å². The fourth-order valence-electron chi connectivity index (χ4n) is 1.27. The van der Waals surface area contributed by atoms with Crippen LogP contribution in [-0.2, 0) is 9.53 Å². The second kappa shape index (κ2) is 5.58. The van der Waals surface area contributed by atoms with Crippen LogP contribution in [-0.4, -0.2) is 43.1 Å². The van der Waals surface area contributed by atoms with Crippen LogP contribution >= 0.6 is 0 Å². The topological polar surface area (TPSA) is 58.6 Å². The smallest absolute Gasteiger partial charge is 0.409 e. The number of carbonyl (C=O) groups excluding carboxylic acids is 2. The van der Waals surface area contributed by atoms with Gasteiger partial charge in [-0.2, -0.15) is 0 Å². The van der Waals surface area contributed by atoms with Gasteiger partial charge in [-0.1, -0.05) is 13.8 Å². The lowest BCUT2D eigenvalue weighted by Crippen LogP contribution is -2.32. The van der Waals surface area contributed by atoms with Gasteiger partial charge in [0.15, 0.2) is 0 Å². The fourth-order valence-corrected chi connectivity index (χ4v) is 1.27. The summed E-state index contributed by atoms with van der Waals surface area (Å²) in [4.78, 5) is 23.9. The molecular weight excluding hydrogens is 196 g/mol. The minimum absolute atomic E-state index is 0.0107. The minimum Gasteiger partial charge on any atom is -0.448 e. The zero-order valence-electron chi connectivity index (χ0n) is 9.28. The number of hydrogen-bond donors (Lipinski definition) is 1. The summed E-state index contributed by atoms with van der Waals surface area (Å²) < 4.78 is 4.75. The molecule has 0 unspecified atom stereocenters. The van der Waals surface area contributed by atoms with Crippen molar-refractivity contribution in [3.05, 3.63) is 0 Å². The van der Waals surface area contributed by atoms with Gasteiger partial charge in [-0.3, -0.25) is 4.79 Å². The van der Waals surface area contributed by atoms with Crippen molar-refractivity contribution in [2.75, 3.05) is 26.2 Å². The van der Waals surface area contributed by atoms with Crippen LogP contribution in [0.1, 0.15) is 20.3 Å². The van der Waals surface area contributed by atoms with Gasteiger partial charge in [-0.15, -0.1) is 0 Å². The van der Waals surface area contributed by atoms with Crippen LogP contribution in [0.5, 0.6) is 0 Å². The highest BCUT2D eigenvalue weighted by atomic mass is 16.6. The summed E-state index contributed by atoms with van der Waals surface area (Å²) in [7, 11) is 0. The van der Waals surface area contributed by atoms with E-state index in [9.17, 15) is 9.59 Å². The molecule has 1 fully saturated rings. The summed E-state index contributed by atoms with van der Waals surface area (Å²) in [6, 6.07) is 0. The van der Waals surface area contributed by atoms with Crippen molar-refractivity contribution in [3.8, 4) is 0 Å². The maximum absolute atomic E-state index is 11.3. The van der Waals surface area contributed by atoms with Crippen molar-refractivity contribution in [2.24, 2.45) is 5.92 Å². The molecular formula is C10H18N2O3. The number of amides is 2. The van der Waals surface area contributed by atoms with E-state index >= 15 is 0 Å². The highest BCUT2D eigenvalue weighted by Crippen LogP contribution is 2.03. The van der Waals surface area contributed by atoms with Gasteiger partial charge in [0.05, 0.1) is 6.54 Å². The van der Waals surface area contributed by atoms with E-state index in [1.165, 1.54) is 0 Å². The Balaban J connectivity index is 2.13. The fraction of sp³-hybridized carbons (Fsp3) is 0.800. The predicted octanol–water partition coefficient (Wildman–Crippen LogP) is 0.601. The second-order valence-corrected chi connectivity index (χ2v) is 4.05. The number of cyclic esters (lactones) is 1. The van der Waals surface area contributed by atoms with Gasteiger partial charge in [0.25, 0.3) is 0 Å². The van der Waals surface area contributed by atoms with Crippen molar-refractivity contribution in [1.29, 1.82) is 0 Å². The lowest BCUT2D eigenvalue weighted by atomic mass is 10.2. The number of nitrogens with zero attached hydrogens (tertiary/aromatic N) is 1. The predicted molar refractivity (Wildman–Crippen MR) is 55.4 cm³/mol. The molecule has 1 heterocycles. The number of nitrogens with one attached hydrogen (secondary N) is 1. The molecule has 0 aromatic carbocycles. The Morgan fingerprint density at radius 2 is 2.33 bits per heavy atom. The van der Waals surface area contributed by atoms with Gasteiger partial charge < -0.3 is 15.0 Å². The molecule has 0 bridgehead atoms. The Morgan fingerprint density at radius 1 is 1.60 bits per heavy atom. The Labute approximate surface area is 89.8 Å². The molecule has 0 radical (unpaired) electrons. The maximum Gasteiger partial charge on any atom is 0.409 e. The summed E-state index contributed by atoms with van der Waals surface area (Å²) in [5, 5.41) is 2.80. The van der Waals surface area contributed by atoms with Crippen molar-refractivity contribution in [2.45, 2.75) is 20.3 Å². The first-order valence-electron chi connectivity index (χ1n) is 5.28. The summed E-state index contributed by atoms with van der Waals surface area (Å²) in [5.41, 5.74) is 0. The average Bonchev–Trinajstić information content (AvgIpc) is 2.58. The van der Waals surface area contributed by atoms with Gasteiger partial charge in [0, 0.05) is 19.5 Å². The van der Waals surface area contributed by atoms with Crippen LogP contribution in [0.3, 0.4) is 0 Å². The van der Waals surface area contributed by atoms with Crippen molar-refractivity contribution in [1.82, 2.24) is 10.2 Å². The summed E-state index contributed by atoms with van der Waals surface area (Å²) in [5.74, 6) is 0.439. The first-order valence-corrected chi connectivity index (χ1v) is 5.28. The van der Waals surface area contributed by atoms with Crippen LogP contribution in [0.2, 0.25) is 0 Å².